The highest BCUT2D eigenvalue weighted by Crippen LogP contribution is 2.46. The second-order valence-corrected chi connectivity index (χ2v) is 13.6. The van der Waals surface area contributed by atoms with E-state index >= 15 is 0 Å². The molecule has 1 amide bonds. The van der Waals surface area contributed by atoms with E-state index in [2.05, 4.69) is 16.0 Å². The molecule has 208 valence electrons. The molecule has 37 heavy (non-hydrogen) atoms. The van der Waals surface area contributed by atoms with Crippen molar-refractivity contribution < 1.29 is 17.6 Å². The fourth-order valence-electron chi connectivity index (χ4n) is 6.77. The predicted molar refractivity (Wildman–Crippen MR) is 143 cm³/mol. The molecule has 1 aliphatic carbocycles. The van der Waals surface area contributed by atoms with Crippen molar-refractivity contribution >= 4 is 15.7 Å². The highest BCUT2D eigenvalue weighted by Gasteiger charge is 2.42. The first-order valence-corrected chi connectivity index (χ1v) is 15.7. The summed E-state index contributed by atoms with van der Waals surface area (Å²) < 4.78 is 38.4. The van der Waals surface area contributed by atoms with Crippen molar-refractivity contribution in [2.24, 2.45) is 22.8 Å². The summed E-state index contributed by atoms with van der Waals surface area (Å²) in [5.74, 6) is -0.862. The Morgan fingerprint density at radius 1 is 1.08 bits per heavy atom. The van der Waals surface area contributed by atoms with Crippen molar-refractivity contribution in [1.82, 2.24) is 16.0 Å². The zero-order chi connectivity index (χ0) is 26.6. The molecule has 8 nitrogen and oxygen atoms in total. The number of sulfone groups is 1. The SMILES string of the molecule is CS(=O)(=O)c1ccc(C2CCNCC2NC(=O)C(C(N)N)C2CC3(CCCCC3)CCC(F)CN2)cc1. The quantitative estimate of drug-likeness (QED) is 0.350. The summed E-state index contributed by atoms with van der Waals surface area (Å²) in [7, 11) is -3.28. The van der Waals surface area contributed by atoms with Crippen molar-refractivity contribution in [2.45, 2.75) is 93.0 Å². The zero-order valence-corrected chi connectivity index (χ0v) is 22.7. The van der Waals surface area contributed by atoms with Crippen LogP contribution in [0.3, 0.4) is 0 Å². The van der Waals surface area contributed by atoms with Gasteiger partial charge in [0, 0.05) is 37.3 Å². The Labute approximate surface area is 220 Å². The number of hydrogen-bond acceptors (Lipinski definition) is 7. The van der Waals surface area contributed by atoms with E-state index in [-0.39, 0.29) is 40.8 Å². The van der Waals surface area contributed by atoms with Crippen LogP contribution in [0.4, 0.5) is 4.39 Å². The fourth-order valence-corrected chi connectivity index (χ4v) is 7.40. The molecule has 7 N–H and O–H groups in total. The summed E-state index contributed by atoms with van der Waals surface area (Å²) >= 11 is 0. The third kappa shape index (κ3) is 7.09. The van der Waals surface area contributed by atoms with Crippen molar-refractivity contribution in [3.05, 3.63) is 29.8 Å². The molecule has 0 radical (unpaired) electrons. The molecule has 2 heterocycles. The Morgan fingerprint density at radius 3 is 2.43 bits per heavy atom. The molecule has 2 aliphatic heterocycles. The van der Waals surface area contributed by atoms with Crippen LogP contribution in [0.15, 0.2) is 29.2 Å². The Kier molecular flexibility index (Phi) is 9.27. The molecule has 3 fully saturated rings. The van der Waals surface area contributed by atoms with Gasteiger partial charge in [0.2, 0.25) is 5.91 Å². The fraction of sp³-hybridized carbons (Fsp3) is 0.741. The standard InChI is InChI=1S/C27H44FN5O3S/c1-37(35,36)20-7-5-18(6-8-20)21-10-14-31-17-23(21)33-26(34)24(25(29)30)22-15-27(11-3-2-4-12-27)13-9-19(28)16-32-22/h5-8,19,21-25,31-32H,2-4,9-17,29-30H2,1H3,(H,33,34). The van der Waals surface area contributed by atoms with Gasteiger partial charge in [0.1, 0.15) is 6.17 Å². The number of rotatable bonds is 6. The van der Waals surface area contributed by atoms with Gasteiger partial charge in [-0.2, -0.15) is 0 Å². The van der Waals surface area contributed by atoms with Crippen LogP contribution in [0.5, 0.6) is 0 Å². The van der Waals surface area contributed by atoms with E-state index in [1.807, 2.05) is 12.1 Å². The van der Waals surface area contributed by atoms with Crippen molar-refractivity contribution in [3.63, 3.8) is 0 Å². The van der Waals surface area contributed by atoms with E-state index in [0.717, 1.165) is 57.1 Å². The Balaban J connectivity index is 1.52. The molecule has 1 aromatic rings. The molecule has 5 unspecified atom stereocenters. The van der Waals surface area contributed by atoms with Crippen LogP contribution in [0.2, 0.25) is 0 Å². The van der Waals surface area contributed by atoms with E-state index in [1.54, 1.807) is 12.1 Å². The van der Waals surface area contributed by atoms with E-state index < -0.39 is 28.1 Å². The molecule has 1 saturated carbocycles. The van der Waals surface area contributed by atoms with Gasteiger partial charge in [0.25, 0.3) is 0 Å². The number of benzene rings is 1. The maximum absolute atomic E-state index is 14.6. The zero-order valence-electron chi connectivity index (χ0n) is 21.9. The van der Waals surface area contributed by atoms with E-state index in [9.17, 15) is 17.6 Å². The maximum atomic E-state index is 14.6. The molecule has 5 atom stereocenters. The van der Waals surface area contributed by atoms with Crippen molar-refractivity contribution in [2.75, 3.05) is 25.9 Å². The average molecular weight is 538 g/mol. The summed E-state index contributed by atoms with van der Waals surface area (Å²) in [4.78, 5) is 14.0. The summed E-state index contributed by atoms with van der Waals surface area (Å²) in [5.41, 5.74) is 13.5. The van der Waals surface area contributed by atoms with Gasteiger partial charge in [0.15, 0.2) is 9.84 Å². The second-order valence-electron chi connectivity index (χ2n) is 11.6. The first-order valence-electron chi connectivity index (χ1n) is 13.8. The first kappa shape index (κ1) is 28.4. The van der Waals surface area contributed by atoms with Crippen LogP contribution in [0.25, 0.3) is 0 Å². The van der Waals surface area contributed by atoms with Crippen LogP contribution in [-0.4, -0.2) is 64.6 Å². The molecule has 4 rings (SSSR count). The lowest BCUT2D eigenvalue weighted by Crippen LogP contribution is -2.61. The van der Waals surface area contributed by atoms with Gasteiger partial charge >= 0.3 is 0 Å². The first-order chi connectivity index (χ1) is 17.6. The maximum Gasteiger partial charge on any atom is 0.227 e. The number of amides is 1. The molecule has 10 heteroatoms. The summed E-state index contributed by atoms with van der Waals surface area (Å²) in [6, 6.07) is 6.43. The summed E-state index contributed by atoms with van der Waals surface area (Å²) in [6.07, 6.45) is 7.97. The normalized spacial score (nSPS) is 29.9. The molecule has 3 aliphatic rings. The van der Waals surface area contributed by atoms with Crippen LogP contribution in [0, 0.1) is 11.3 Å². The van der Waals surface area contributed by atoms with Gasteiger partial charge in [-0.25, -0.2) is 12.8 Å². The minimum atomic E-state index is -3.28. The minimum absolute atomic E-state index is 0.0265. The van der Waals surface area contributed by atoms with Crippen LogP contribution >= 0.6 is 0 Å². The highest BCUT2D eigenvalue weighted by atomic mass is 32.2. The largest absolute Gasteiger partial charge is 0.351 e. The number of hydrogen-bond donors (Lipinski definition) is 5. The van der Waals surface area contributed by atoms with Crippen LogP contribution in [-0.2, 0) is 14.6 Å². The van der Waals surface area contributed by atoms with E-state index in [4.69, 9.17) is 11.5 Å². The second kappa shape index (κ2) is 12.1. The van der Waals surface area contributed by atoms with E-state index in [1.165, 1.54) is 12.7 Å². The lowest BCUT2D eigenvalue weighted by molar-refractivity contribution is -0.128. The monoisotopic (exact) mass is 537 g/mol. The number of alkyl halides is 1. The smallest absolute Gasteiger partial charge is 0.227 e. The van der Waals surface area contributed by atoms with Gasteiger partial charge in [-0.15, -0.1) is 0 Å². The molecular formula is C27H44FN5O3S. The molecule has 0 aromatic heterocycles. The molecule has 2 saturated heterocycles. The van der Waals surface area contributed by atoms with Gasteiger partial charge in [0.05, 0.1) is 17.0 Å². The minimum Gasteiger partial charge on any atom is -0.351 e. The third-order valence-electron chi connectivity index (χ3n) is 8.85. The van der Waals surface area contributed by atoms with Crippen LogP contribution < -0.4 is 27.4 Å². The lowest BCUT2D eigenvalue weighted by Gasteiger charge is -2.45. The Morgan fingerprint density at radius 2 is 1.78 bits per heavy atom. The average Bonchev–Trinajstić information content (AvgIpc) is 2.85. The van der Waals surface area contributed by atoms with Gasteiger partial charge in [-0.1, -0.05) is 31.4 Å². The lowest BCUT2D eigenvalue weighted by atomic mass is 9.65. The number of nitrogens with two attached hydrogens (primary N) is 2. The summed E-state index contributed by atoms with van der Waals surface area (Å²) in [6.45, 7) is 1.60. The molecule has 1 spiro atoms. The highest BCUT2D eigenvalue weighted by molar-refractivity contribution is 7.90. The Bertz CT molecular complexity index is 1010. The van der Waals surface area contributed by atoms with Crippen LogP contribution in [0.1, 0.15) is 69.3 Å². The third-order valence-corrected chi connectivity index (χ3v) is 9.98. The number of carbonyl (C=O) groups is 1. The number of halogens is 1. The van der Waals surface area contributed by atoms with Crippen molar-refractivity contribution in [1.29, 1.82) is 0 Å². The predicted octanol–water partition coefficient (Wildman–Crippen LogP) is 1.94. The van der Waals surface area contributed by atoms with Gasteiger partial charge < -0.3 is 27.4 Å². The van der Waals surface area contributed by atoms with Crippen molar-refractivity contribution in [3.8, 4) is 0 Å². The number of carbonyl (C=O) groups excluding carboxylic acids is 1. The molecule has 1 aromatic carbocycles. The van der Waals surface area contributed by atoms with E-state index in [0.29, 0.717) is 13.0 Å². The van der Waals surface area contributed by atoms with Gasteiger partial charge in [-0.05, 0) is 68.2 Å². The number of nitrogens with one attached hydrogen (secondary N) is 3. The number of piperidine rings is 1. The van der Waals surface area contributed by atoms with Gasteiger partial charge in [-0.3, -0.25) is 4.79 Å². The Hall–Kier alpha value is -1.59. The topological polar surface area (TPSA) is 139 Å². The summed E-state index contributed by atoms with van der Waals surface area (Å²) in [5, 5.41) is 9.91. The molecule has 0 bridgehead atoms. The molecular weight excluding hydrogens is 493 g/mol.